The monoisotopic (exact) mass is 319 g/mol. The van der Waals surface area contributed by atoms with Gasteiger partial charge in [-0.05, 0) is 6.07 Å². The molecule has 0 saturated carbocycles. The second-order valence-electron chi connectivity index (χ2n) is 4.14. The van der Waals surface area contributed by atoms with Crippen LogP contribution < -0.4 is 16.7 Å². The zero-order valence-electron chi connectivity index (χ0n) is 11.3. The van der Waals surface area contributed by atoms with Gasteiger partial charge in [-0.2, -0.15) is 5.10 Å². The van der Waals surface area contributed by atoms with E-state index in [2.05, 4.69) is 5.10 Å². The molecule has 11 heteroatoms. The maximum absolute atomic E-state index is 11.8. The summed E-state index contributed by atoms with van der Waals surface area (Å²) in [5.41, 5.74) is -0.884. The SMILES string of the molecule is O=C(NN=Cc1c(O)[nH]c(=O)[nH]c1=O)c1ccccc1[N+](=O)[O-]. The van der Waals surface area contributed by atoms with Gasteiger partial charge in [0.25, 0.3) is 17.2 Å². The maximum Gasteiger partial charge on any atom is 0.328 e. The number of hydrazone groups is 1. The van der Waals surface area contributed by atoms with E-state index in [1.165, 1.54) is 18.2 Å². The van der Waals surface area contributed by atoms with E-state index >= 15 is 0 Å². The Kier molecular flexibility index (Phi) is 4.31. The Morgan fingerprint density at radius 1 is 1.30 bits per heavy atom. The third kappa shape index (κ3) is 3.47. The fraction of sp³-hybridized carbons (Fsp3) is 0. The minimum absolute atomic E-state index is 0.228. The molecule has 0 radical (unpaired) electrons. The highest BCUT2D eigenvalue weighted by Gasteiger charge is 2.18. The van der Waals surface area contributed by atoms with Gasteiger partial charge in [0.15, 0.2) is 0 Å². The van der Waals surface area contributed by atoms with Gasteiger partial charge >= 0.3 is 5.69 Å². The summed E-state index contributed by atoms with van der Waals surface area (Å²) in [5.74, 6) is -1.61. The van der Waals surface area contributed by atoms with Gasteiger partial charge in [-0.3, -0.25) is 29.7 Å². The topological polar surface area (TPSA) is 171 Å². The summed E-state index contributed by atoms with van der Waals surface area (Å²) in [6.45, 7) is 0. The van der Waals surface area contributed by atoms with E-state index in [0.717, 1.165) is 12.3 Å². The van der Waals surface area contributed by atoms with Crippen LogP contribution in [0.3, 0.4) is 0 Å². The van der Waals surface area contributed by atoms with Crippen molar-refractivity contribution in [3.05, 3.63) is 66.3 Å². The lowest BCUT2D eigenvalue weighted by atomic mass is 10.2. The molecule has 0 aliphatic rings. The number of aromatic nitrogens is 2. The molecule has 1 aromatic carbocycles. The fourth-order valence-corrected chi connectivity index (χ4v) is 1.64. The van der Waals surface area contributed by atoms with E-state index in [9.17, 15) is 29.6 Å². The molecule has 0 fully saturated rings. The number of hydrogen-bond donors (Lipinski definition) is 4. The number of nitrogens with zero attached hydrogens (tertiary/aromatic N) is 2. The summed E-state index contributed by atoms with van der Waals surface area (Å²) < 4.78 is 0. The molecule has 0 atom stereocenters. The summed E-state index contributed by atoms with van der Waals surface area (Å²) in [6.07, 6.45) is 0.788. The van der Waals surface area contributed by atoms with Crippen LogP contribution in [-0.4, -0.2) is 32.1 Å². The summed E-state index contributed by atoms with van der Waals surface area (Å²) in [5, 5.41) is 23.6. The normalized spacial score (nSPS) is 10.6. The van der Waals surface area contributed by atoms with Crippen LogP contribution in [0.15, 0.2) is 39.0 Å². The van der Waals surface area contributed by atoms with Crippen LogP contribution in [0.2, 0.25) is 0 Å². The number of carbonyl (C=O) groups excluding carboxylic acids is 1. The molecule has 0 saturated heterocycles. The number of aromatic hydroxyl groups is 1. The maximum atomic E-state index is 11.8. The molecule has 0 unspecified atom stereocenters. The molecule has 4 N–H and O–H groups in total. The predicted octanol–water partition coefficient (Wildman–Crippen LogP) is -0.559. The van der Waals surface area contributed by atoms with Crippen LogP contribution in [0.1, 0.15) is 15.9 Å². The van der Waals surface area contributed by atoms with E-state index in [4.69, 9.17) is 0 Å². The molecule has 2 aromatic rings. The second-order valence-corrected chi connectivity index (χ2v) is 4.14. The molecule has 1 aromatic heterocycles. The van der Waals surface area contributed by atoms with Crippen molar-refractivity contribution in [3.8, 4) is 5.88 Å². The first-order valence-corrected chi connectivity index (χ1v) is 6.02. The van der Waals surface area contributed by atoms with Crippen LogP contribution in [0.4, 0.5) is 5.69 Å². The number of hydrogen-bond acceptors (Lipinski definition) is 7. The number of nitro groups is 1. The highest BCUT2D eigenvalue weighted by Crippen LogP contribution is 2.17. The third-order valence-corrected chi connectivity index (χ3v) is 2.66. The molecular formula is C12H9N5O6. The van der Waals surface area contributed by atoms with Crippen LogP contribution in [0.5, 0.6) is 5.88 Å². The number of carbonyl (C=O) groups is 1. The standard InChI is InChI=1S/C12H9N5O6/c18-9-7(10(19)15-12(21)14-9)5-13-16-11(20)6-3-1-2-4-8(6)17(22)23/h1-5H,(H,16,20)(H3,14,15,18,19,21). The molecular weight excluding hydrogens is 310 g/mol. The number of nitro benzene ring substituents is 1. The van der Waals surface area contributed by atoms with Crippen molar-refractivity contribution in [1.29, 1.82) is 0 Å². The number of benzene rings is 1. The lowest BCUT2D eigenvalue weighted by molar-refractivity contribution is -0.385. The van der Waals surface area contributed by atoms with E-state index in [1.54, 1.807) is 0 Å². The second kappa shape index (κ2) is 6.34. The van der Waals surface area contributed by atoms with Gasteiger partial charge in [-0.25, -0.2) is 10.2 Å². The van der Waals surface area contributed by atoms with Crippen molar-refractivity contribution < 1.29 is 14.8 Å². The first-order valence-electron chi connectivity index (χ1n) is 6.02. The molecule has 1 heterocycles. The zero-order chi connectivity index (χ0) is 17.0. The Labute approximate surface area is 126 Å². The molecule has 1 amide bonds. The number of para-hydroxylation sites is 1. The molecule has 0 aliphatic carbocycles. The van der Waals surface area contributed by atoms with Crippen LogP contribution >= 0.6 is 0 Å². The van der Waals surface area contributed by atoms with Gasteiger partial charge in [0.05, 0.1) is 11.1 Å². The predicted molar refractivity (Wildman–Crippen MR) is 77.5 cm³/mol. The van der Waals surface area contributed by atoms with E-state index in [0.29, 0.717) is 0 Å². The lowest BCUT2D eigenvalue weighted by Gasteiger charge is -2.01. The first-order chi connectivity index (χ1) is 10.9. The van der Waals surface area contributed by atoms with Crippen molar-refractivity contribution in [3.63, 3.8) is 0 Å². The number of aromatic amines is 2. The van der Waals surface area contributed by atoms with Crippen molar-refractivity contribution in [1.82, 2.24) is 15.4 Å². The Morgan fingerprint density at radius 3 is 2.65 bits per heavy atom. The van der Waals surface area contributed by atoms with Gasteiger partial charge in [-0.15, -0.1) is 0 Å². The Balaban J connectivity index is 2.22. The van der Waals surface area contributed by atoms with Crippen molar-refractivity contribution in [2.75, 3.05) is 0 Å². The number of nitrogens with one attached hydrogen (secondary N) is 3. The average Bonchev–Trinajstić information content (AvgIpc) is 2.49. The quantitative estimate of drug-likeness (QED) is 0.334. The number of amides is 1. The molecule has 2 rings (SSSR count). The summed E-state index contributed by atoms with van der Waals surface area (Å²) in [4.78, 5) is 48.0. The van der Waals surface area contributed by atoms with Gasteiger partial charge in [0.1, 0.15) is 11.1 Å². The van der Waals surface area contributed by atoms with Crippen molar-refractivity contribution >= 4 is 17.8 Å². The van der Waals surface area contributed by atoms with Gasteiger partial charge < -0.3 is 5.11 Å². The third-order valence-electron chi connectivity index (χ3n) is 2.66. The molecule has 0 aliphatic heterocycles. The number of H-pyrrole nitrogens is 2. The molecule has 0 spiro atoms. The Bertz CT molecular complexity index is 913. The molecule has 23 heavy (non-hydrogen) atoms. The zero-order valence-corrected chi connectivity index (χ0v) is 11.3. The minimum Gasteiger partial charge on any atom is -0.494 e. The molecule has 118 valence electrons. The summed E-state index contributed by atoms with van der Waals surface area (Å²) >= 11 is 0. The Morgan fingerprint density at radius 2 is 2.00 bits per heavy atom. The van der Waals surface area contributed by atoms with E-state index in [-0.39, 0.29) is 5.56 Å². The van der Waals surface area contributed by atoms with Gasteiger partial charge in [-0.1, -0.05) is 12.1 Å². The van der Waals surface area contributed by atoms with Crippen LogP contribution in [-0.2, 0) is 0 Å². The highest BCUT2D eigenvalue weighted by molar-refractivity contribution is 5.98. The molecule has 11 nitrogen and oxygen atoms in total. The first kappa shape index (κ1) is 15.6. The molecule has 0 bridgehead atoms. The van der Waals surface area contributed by atoms with Crippen molar-refractivity contribution in [2.45, 2.75) is 0 Å². The summed E-state index contributed by atoms with van der Waals surface area (Å²) in [6, 6.07) is 5.21. The fourth-order valence-electron chi connectivity index (χ4n) is 1.64. The summed E-state index contributed by atoms with van der Waals surface area (Å²) in [7, 11) is 0. The minimum atomic E-state index is -0.921. The van der Waals surface area contributed by atoms with E-state index in [1.807, 2.05) is 15.4 Å². The Hall–Kier alpha value is -3.76. The van der Waals surface area contributed by atoms with Crippen molar-refractivity contribution in [2.24, 2.45) is 5.10 Å². The largest absolute Gasteiger partial charge is 0.494 e. The van der Waals surface area contributed by atoms with Crippen LogP contribution in [0.25, 0.3) is 0 Å². The lowest BCUT2D eigenvalue weighted by Crippen LogP contribution is -2.25. The highest BCUT2D eigenvalue weighted by atomic mass is 16.6. The van der Waals surface area contributed by atoms with E-state index < -0.39 is 39.2 Å². The smallest absolute Gasteiger partial charge is 0.328 e. The van der Waals surface area contributed by atoms with Crippen LogP contribution in [0, 0.1) is 10.1 Å². The average molecular weight is 319 g/mol. The van der Waals surface area contributed by atoms with Gasteiger partial charge in [0, 0.05) is 6.07 Å². The van der Waals surface area contributed by atoms with Gasteiger partial charge in [0.2, 0.25) is 5.88 Å². The number of rotatable bonds is 4.